The van der Waals surface area contributed by atoms with Crippen LogP contribution in [0.3, 0.4) is 0 Å². The van der Waals surface area contributed by atoms with Crippen molar-refractivity contribution in [3.05, 3.63) is 35.6 Å². The molecule has 1 aliphatic heterocycles. The number of piperidine rings is 1. The van der Waals surface area contributed by atoms with Gasteiger partial charge in [0.15, 0.2) is 5.78 Å². The summed E-state index contributed by atoms with van der Waals surface area (Å²) in [4.78, 5) is 14.3. The van der Waals surface area contributed by atoms with Gasteiger partial charge in [0.1, 0.15) is 5.82 Å². The third-order valence-corrected chi connectivity index (χ3v) is 4.11. The molecule has 2 nitrogen and oxygen atoms in total. The minimum Gasteiger partial charge on any atom is -0.303 e. The number of likely N-dealkylation sites (tertiary alicyclic amines) is 1. The lowest BCUT2D eigenvalue weighted by atomic mass is 9.94. The Morgan fingerprint density at radius 1 is 1.32 bits per heavy atom. The summed E-state index contributed by atoms with van der Waals surface area (Å²) in [7, 11) is 0. The van der Waals surface area contributed by atoms with Gasteiger partial charge >= 0.3 is 0 Å². The van der Waals surface area contributed by atoms with Crippen LogP contribution in [0, 0.1) is 11.7 Å². The lowest BCUT2D eigenvalue weighted by molar-refractivity contribution is 0.0946. The number of carbonyl (C=O) groups is 1. The van der Waals surface area contributed by atoms with Crippen molar-refractivity contribution in [3.8, 4) is 0 Å². The number of hydrogen-bond donors (Lipinski definition) is 0. The summed E-state index contributed by atoms with van der Waals surface area (Å²) >= 11 is 0. The first kappa shape index (κ1) is 14.2. The van der Waals surface area contributed by atoms with Crippen molar-refractivity contribution in [2.24, 2.45) is 5.92 Å². The molecule has 0 amide bonds. The van der Waals surface area contributed by atoms with Crippen LogP contribution in [-0.4, -0.2) is 30.3 Å². The second-order valence-electron chi connectivity index (χ2n) is 5.35. The molecule has 0 bridgehead atoms. The van der Waals surface area contributed by atoms with Crippen molar-refractivity contribution in [2.75, 3.05) is 19.6 Å². The number of nitrogens with zero attached hydrogens (tertiary/aromatic N) is 1. The molecular weight excluding hydrogens is 241 g/mol. The maximum atomic E-state index is 13.5. The number of carbonyl (C=O) groups excluding carboxylic acids is 1. The molecule has 1 heterocycles. The molecule has 0 radical (unpaired) electrons. The van der Waals surface area contributed by atoms with E-state index in [0.717, 1.165) is 25.6 Å². The third kappa shape index (κ3) is 3.87. The minimum atomic E-state index is -0.405. The SMILES string of the molecule is CCC1CCN(CCC(=O)c2ccccc2F)CC1. The number of ketones is 1. The highest BCUT2D eigenvalue weighted by Crippen LogP contribution is 2.20. The van der Waals surface area contributed by atoms with Crippen LogP contribution in [0.15, 0.2) is 24.3 Å². The summed E-state index contributed by atoms with van der Waals surface area (Å²) < 4.78 is 13.5. The van der Waals surface area contributed by atoms with Crippen LogP contribution in [-0.2, 0) is 0 Å². The number of Topliss-reactive ketones (excluding diaryl/α,β-unsaturated/α-hetero) is 1. The summed E-state index contributed by atoms with van der Waals surface area (Å²) in [5, 5.41) is 0. The zero-order chi connectivity index (χ0) is 13.7. The number of hydrogen-bond acceptors (Lipinski definition) is 2. The van der Waals surface area contributed by atoms with E-state index in [1.807, 2.05) is 0 Å². The van der Waals surface area contributed by atoms with Gasteiger partial charge in [0, 0.05) is 13.0 Å². The Morgan fingerprint density at radius 3 is 2.63 bits per heavy atom. The van der Waals surface area contributed by atoms with Crippen molar-refractivity contribution < 1.29 is 9.18 Å². The van der Waals surface area contributed by atoms with E-state index in [1.165, 1.54) is 25.3 Å². The second-order valence-corrected chi connectivity index (χ2v) is 5.35. The smallest absolute Gasteiger partial charge is 0.167 e. The summed E-state index contributed by atoms with van der Waals surface area (Å²) in [6.07, 6.45) is 4.12. The molecule has 0 unspecified atom stereocenters. The van der Waals surface area contributed by atoms with Gasteiger partial charge in [-0.25, -0.2) is 4.39 Å². The molecule has 1 aromatic carbocycles. The minimum absolute atomic E-state index is 0.0873. The molecule has 1 aliphatic rings. The summed E-state index contributed by atoms with van der Waals surface area (Å²) in [5.41, 5.74) is 0.228. The van der Waals surface area contributed by atoms with Gasteiger partial charge in [-0.1, -0.05) is 25.5 Å². The van der Waals surface area contributed by atoms with Crippen LogP contribution in [0.4, 0.5) is 4.39 Å². The highest BCUT2D eigenvalue weighted by atomic mass is 19.1. The van der Waals surface area contributed by atoms with Gasteiger partial charge in [-0.2, -0.15) is 0 Å². The molecule has 2 rings (SSSR count). The molecule has 0 atom stereocenters. The highest BCUT2D eigenvalue weighted by Gasteiger charge is 2.19. The molecule has 19 heavy (non-hydrogen) atoms. The Balaban J connectivity index is 1.80. The van der Waals surface area contributed by atoms with Crippen LogP contribution in [0.1, 0.15) is 43.0 Å². The summed E-state index contributed by atoms with van der Waals surface area (Å²) in [5.74, 6) is 0.353. The van der Waals surface area contributed by atoms with Gasteiger partial charge in [0.25, 0.3) is 0 Å². The van der Waals surface area contributed by atoms with Crippen molar-refractivity contribution in [1.82, 2.24) is 4.90 Å². The van der Waals surface area contributed by atoms with E-state index in [9.17, 15) is 9.18 Å². The topological polar surface area (TPSA) is 20.3 Å². The molecular formula is C16H22FNO. The van der Waals surface area contributed by atoms with E-state index in [0.29, 0.717) is 6.42 Å². The first-order valence-corrected chi connectivity index (χ1v) is 7.20. The zero-order valence-electron chi connectivity index (χ0n) is 11.6. The van der Waals surface area contributed by atoms with Crippen LogP contribution >= 0.6 is 0 Å². The fourth-order valence-electron chi connectivity index (χ4n) is 2.70. The second kappa shape index (κ2) is 6.80. The fraction of sp³-hybridized carbons (Fsp3) is 0.562. The Labute approximate surface area is 114 Å². The average molecular weight is 263 g/mol. The van der Waals surface area contributed by atoms with Gasteiger partial charge in [0.2, 0.25) is 0 Å². The van der Waals surface area contributed by atoms with Crippen molar-refractivity contribution in [3.63, 3.8) is 0 Å². The van der Waals surface area contributed by atoms with E-state index >= 15 is 0 Å². The van der Waals surface area contributed by atoms with Crippen molar-refractivity contribution >= 4 is 5.78 Å². The fourth-order valence-corrected chi connectivity index (χ4v) is 2.70. The molecule has 1 saturated heterocycles. The van der Waals surface area contributed by atoms with Crippen LogP contribution < -0.4 is 0 Å². The maximum Gasteiger partial charge on any atom is 0.167 e. The largest absolute Gasteiger partial charge is 0.303 e. The van der Waals surface area contributed by atoms with E-state index in [1.54, 1.807) is 18.2 Å². The monoisotopic (exact) mass is 263 g/mol. The van der Waals surface area contributed by atoms with Crippen LogP contribution in [0.5, 0.6) is 0 Å². The lowest BCUT2D eigenvalue weighted by Crippen LogP contribution is -2.35. The van der Waals surface area contributed by atoms with Gasteiger partial charge in [-0.3, -0.25) is 4.79 Å². The normalized spacial score (nSPS) is 17.6. The molecule has 3 heteroatoms. The first-order chi connectivity index (χ1) is 9.20. The summed E-state index contributed by atoms with van der Waals surface area (Å²) in [6, 6.07) is 6.24. The lowest BCUT2D eigenvalue weighted by Gasteiger charge is -2.31. The van der Waals surface area contributed by atoms with E-state index in [2.05, 4.69) is 11.8 Å². The number of rotatable bonds is 5. The Morgan fingerprint density at radius 2 is 2.00 bits per heavy atom. The molecule has 104 valence electrons. The van der Waals surface area contributed by atoms with E-state index < -0.39 is 5.82 Å². The molecule has 0 aliphatic carbocycles. The van der Waals surface area contributed by atoms with Crippen LogP contribution in [0.25, 0.3) is 0 Å². The van der Waals surface area contributed by atoms with E-state index in [-0.39, 0.29) is 11.3 Å². The third-order valence-electron chi connectivity index (χ3n) is 4.11. The molecule has 0 spiro atoms. The molecule has 0 aromatic heterocycles. The standard InChI is InChI=1S/C16H22FNO/c1-2-13-7-10-18(11-8-13)12-9-16(19)14-5-3-4-6-15(14)17/h3-6,13H,2,7-12H2,1H3. The predicted octanol–water partition coefficient (Wildman–Crippen LogP) is 3.52. The van der Waals surface area contributed by atoms with Crippen LogP contribution in [0.2, 0.25) is 0 Å². The number of halogens is 1. The Hall–Kier alpha value is -1.22. The van der Waals surface area contributed by atoms with Gasteiger partial charge in [-0.05, 0) is 44.0 Å². The highest BCUT2D eigenvalue weighted by molar-refractivity contribution is 5.96. The predicted molar refractivity (Wildman–Crippen MR) is 74.8 cm³/mol. The summed E-state index contributed by atoms with van der Waals surface area (Å²) in [6.45, 7) is 5.14. The number of benzene rings is 1. The zero-order valence-corrected chi connectivity index (χ0v) is 11.6. The Bertz CT molecular complexity index is 425. The van der Waals surface area contributed by atoms with Crippen molar-refractivity contribution in [1.29, 1.82) is 0 Å². The first-order valence-electron chi connectivity index (χ1n) is 7.20. The maximum absolute atomic E-state index is 13.5. The van der Waals surface area contributed by atoms with Gasteiger partial charge in [-0.15, -0.1) is 0 Å². The van der Waals surface area contributed by atoms with E-state index in [4.69, 9.17) is 0 Å². The molecule has 0 N–H and O–H groups in total. The molecule has 0 saturated carbocycles. The molecule has 1 aromatic rings. The van der Waals surface area contributed by atoms with Crippen molar-refractivity contribution in [2.45, 2.75) is 32.6 Å². The quantitative estimate of drug-likeness (QED) is 0.758. The Kier molecular flexibility index (Phi) is 5.08. The molecule has 1 fully saturated rings. The van der Waals surface area contributed by atoms with Gasteiger partial charge < -0.3 is 4.90 Å². The average Bonchev–Trinajstić information content (AvgIpc) is 2.46. The van der Waals surface area contributed by atoms with Gasteiger partial charge in [0.05, 0.1) is 5.56 Å².